The van der Waals surface area contributed by atoms with E-state index in [1.165, 1.54) is 19.3 Å². The summed E-state index contributed by atoms with van der Waals surface area (Å²) in [6.07, 6.45) is 6.57. The molecule has 1 saturated heterocycles. The summed E-state index contributed by atoms with van der Waals surface area (Å²) >= 11 is 0. The van der Waals surface area contributed by atoms with Crippen molar-refractivity contribution in [1.82, 2.24) is 15.1 Å². The van der Waals surface area contributed by atoms with Gasteiger partial charge in [-0.3, -0.25) is 9.69 Å². The number of benzene rings is 1. The molecule has 2 aliphatic heterocycles. The highest BCUT2D eigenvalue weighted by molar-refractivity contribution is 5.76. The first-order valence-electron chi connectivity index (χ1n) is 10.4. The molecule has 1 saturated carbocycles. The van der Waals surface area contributed by atoms with Crippen LogP contribution >= 0.6 is 0 Å². The predicted molar refractivity (Wildman–Crippen MR) is 106 cm³/mol. The Bertz CT molecular complexity index is 724. The monoisotopic (exact) mass is 386 g/mol. The van der Waals surface area contributed by atoms with Gasteiger partial charge in [0.25, 0.3) is 0 Å². The summed E-state index contributed by atoms with van der Waals surface area (Å²) in [5, 5.41) is 3.27. The number of fused-ring (bicyclic) bond motifs is 1. The maximum atomic E-state index is 12.9. The summed E-state index contributed by atoms with van der Waals surface area (Å²) in [6, 6.07) is 8.01. The zero-order chi connectivity index (χ0) is 19.6. The van der Waals surface area contributed by atoms with Crippen molar-refractivity contribution in [1.29, 1.82) is 0 Å². The maximum Gasteiger partial charge on any atom is 0.317 e. The van der Waals surface area contributed by atoms with Gasteiger partial charge < -0.3 is 20.7 Å². The number of para-hydroxylation sites is 1. The Balaban J connectivity index is 1.43. The highest BCUT2D eigenvalue weighted by Crippen LogP contribution is 2.46. The molecule has 1 aromatic rings. The SMILES string of the molecule is NC(=O)CN1CCN(C(=O)NC2CC3(CCCCC3)Oc3ccccc32)CC1. The molecule has 1 unspecified atom stereocenters. The van der Waals surface area contributed by atoms with Gasteiger partial charge in [-0.25, -0.2) is 4.79 Å². The van der Waals surface area contributed by atoms with Gasteiger partial charge in [0.05, 0.1) is 12.6 Å². The number of nitrogens with one attached hydrogen (secondary N) is 1. The summed E-state index contributed by atoms with van der Waals surface area (Å²) in [7, 11) is 0. The van der Waals surface area contributed by atoms with Gasteiger partial charge in [-0.15, -0.1) is 0 Å². The highest BCUT2D eigenvalue weighted by Gasteiger charge is 2.42. The van der Waals surface area contributed by atoms with Crippen molar-refractivity contribution >= 4 is 11.9 Å². The summed E-state index contributed by atoms with van der Waals surface area (Å²) in [5.74, 6) is 0.585. The average molecular weight is 386 g/mol. The van der Waals surface area contributed by atoms with Gasteiger partial charge in [0.1, 0.15) is 11.4 Å². The number of amides is 3. The number of rotatable bonds is 3. The lowest BCUT2D eigenvalue weighted by Crippen LogP contribution is -2.54. The maximum absolute atomic E-state index is 12.9. The Labute approximate surface area is 166 Å². The van der Waals surface area contributed by atoms with E-state index in [4.69, 9.17) is 10.5 Å². The Morgan fingerprint density at radius 1 is 1.11 bits per heavy atom. The summed E-state index contributed by atoms with van der Waals surface area (Å²) < 4.78 is 6.45. The normalized spacial score (nSPS) is 24.3. The smallest absolute Gasteiger partial charge is 0.317 e. The van der Waals surface area contributed by atoms with Crippen LogP contribution in [0.4, 0.5) is 4.79 Å². The number of ether oxygens (including phenoxy) is 1. The van der Waals surface area contributed by atoms with Crippen molar-refractivity contribution in [3.63, 3.8) is 0 Å². The minimum Gasteiger partial charge on any atom is -0.487 e. The summed E-state index contributed by atoms with van der Waals surface area (Å²) in [6.45, 7) is 2.81. The molecule has 7 heteroatoms. The fourth-order valence-electron chi connectivity index (χ4n) is 4.82. The van der Waals surface area contributed by atoms with E-state index in [1.807, 2.05) is 28.0 Å². The molecule has 3 amide bonds. The van der Waals surface area contributed by atoms with E-state index in [2.05, 4.69) is 11.4 Å². The second-order valence-electron chi connectivity index (χ2n) is 8.32. The van der Waals surface area contributed by atoms with Crippen LogP contribution in [-0.4, -0.2) is 60.1 Å². The molecule has 3 N–H and O–H groups in total. The Hall–Kier alpha value is -2.28. The lowest BCUT2D eigenvalue weighted by molar-refractivity contribution is -0.119. The van der Waals surface area contributed by atoms with E-state index in [1.54, 1.807) is 0 Å². The van der Waals surface area contributed by atoms with Crippen LogP contribution in [0.3, 0.4) is 0 Å². The molecule has 3 aliphatic rings. The molecule has 0 aromatic heterocycles. The molecule has 28 heavy (non-hydrogen) atoms. The summed E-state index contributed by atoms with van der Waals surface area (Å²) in [5.41, 5.74) is 6.19. The molecule has 0 radical (unpaired) electrons. The van der Waals surface area contributed by atoms with E-state index in [-0.39, 0.29) is 30.1 Å². The van der Waals surface area contributed by atoms with Gasteiger partial charge in [-0.2, -0.15) is 0 Å². The Kier molecular flexibility index (Phi) is 5.44. The molecule has 1 spiro atoms. The number of carbonyl (C=O) groups excluding carboxylic acids is 2. The molecular formula is C21H30N4O3. The first-order chi connectivity index (χ1) is 13.5. The van der Waals surface area contributed by atoms with Gasteiger partial charge in [-0.05, 0) is 31.7 Å². The average Bonchev–Trinajstić information content (AvgIpc) is 2.68. The van der Waals surface area contributed by atoms with Gasteiger partial charge in [-0.1, -0.05) is 24.6 Å². The molecule has 2 heterocycles. The van der Waals surface area contributed by atoms with Crippen molar-refractivity contribution < 1.29 is 14.3 Å². The third kappa shape index (κ3) is 4.09. The molecule has 152 valence electrons. The number of carbonyl (C=O) groups is 2. The Morgan fingerprint density at radius 2 is 1.82 bits per heavy atom. The number of hydrogen-bond acceptors (Lipinski definition) is 4. The van der Waals surface area contributed by atoms with Crippen molar-refractivity contribution in [2.75, 3.05) is 32.7 Å². The van der Waals surface area contributed by atoms with Gasteiger partial charge in [0.2, 0.25) is 5.91 Å². The zero-order valence-corrected chi connectivity index (χ0v) is 16.4. The van der Waals surface area contributed by atoms with Crippen molar-refractivity contribution in [2.45, 2.75) is 50.2 Å². The number of nitrogens with zero attached hydrogens (tertiary/aromatic N) is 2. The van der Waals surface area contributed by atoms with Crippen LogP contribution in [0.5, 0.6) is 5.75 Å². The molecule has 1 atom stereocenters. The second-order valence-corrected chi connectivity index (χ2v) is 8.32. The van der Waals surface area contributed by atoms with Gasteiger partial charge >= 0.3 is 6.03 Å². The van der Waals surface area contributed by atoms with Gasteiger partial charge in [0, 0.05) is 38.2 Å². The van der Waals surface area contributed by atoms with E-state index in [0.29, 0.717) is 26.2 Å². The second kappa shape index (κ2) is 7.99. The minimum atomic E-state index is -0.325. The lowest BCUT2D eigenvalue weighted by Gasteiger charge is -2.45. The zero-order valence-electron chi connectivity index (χ0n) is 16.4. The van der Waals surface area contributed by atoms with Crippen molar-refractivity contribution in [3.8, 4) is 5.75 Å². The fourth-order valence-corrected chi connectivity index (χ4v) is 4.82. The number of piperazine rings is 1. The summed E-state index contributed by atoms with van der Waals surface area (Å²) in [4.78, 5) is 27.9. The number of nitrogens with two attached hydrogens (primary N) is 1. The molecule has 1 aliphatic carbocycles. The largest absolute Gasteiger partial charge is 0.487 e. The van der Waals surface area contributed by atoms with Crippen LogP contribution in [0.2, 0.25) is 0 Å². The van der Waals surface area contributed by atoms with E-state index in [9.17, 15) is 9.59 Å². The topological polar surface area (TPSA) is 87.9 Å². The van der Waals surface area contributed by atoms with Crippen LogP contribution in [-0.2, 0) is 4.79 Å². The quantitative estimate of drug-likeness (QED) is 0.832. The lowest BCUT2D eigenvalue weighted by atomic mass is 9.77. The fraction of sp³-hybridized carbons (Fsp3) is 0.619. The predicted octanol–water partition coefficient (Wildman–Crippen LogP) is 2.03. The molecule has 1 aromatic carbocycles. The first kappa shape index (κ1) is 19.1. The molecule has 2 fully saturated rings. The molecular weight excluding hydrogens is 356 g/mol. The van der Waals surface area contributed by atoms with Crippen molar-refractivity contribution in [2.24, 2.45) is 5.73 Å². The van der Waals surface area contributed by atoms with Crippen LogP contribution in [0.25, 0.3) is 0 Å². The number of urea groups is 1. The molecule has 0 bridgehead atoms. The van der Waals surface area contributed by atoms with E-state index < -0.39 is 0 Å². The third-order valence-corrected chi connectivity index (χ3v) is 6.30. The number of primary amides is 1. The van der Waals surface area contributed by atoms with Crippen LogP contribution in [0.15, 0.2) is 24.3 Å². The first-order valence-corrected chi connectivity index (χ1v) is 10.4. The van der Waals surface area contributed by atoms with E-state index >= 15 is 0 Å². The van der Waals surface area contributed by atoms with Crippen molar-refractivity contribution in [3.05, 3.63) is 29.8 Å². The van der Waals surface area contributed by atoms with Crippen LogP contribution in [0.1, 0.15) is 50.1 Å². The standard InChI is InChI=1S/C21H30N4O3/c22-19(26)15-24-10-12-25(13-11-24)20(27)23-17-14-21(8-4-1-5-9-21)28-18-7-3-2-6-16(17)18/h2-3,6-7,17H,1,4-5,8-15H2,(H2,22,26)(H,23,27). The van der Waals surface area contributed by atoms with Gasteiger partial charge in [0.15, 0.2) is 0 Å². The molecule has 7 nitrogen and oxygen atoms in total. The van der Waals surface area contributed by atoms with E-state index in [0.717, 1.165) is 30.6 Å². The van der Waals surface area contributed by atoms with Crippen LogP contribution < -0.4 is 15.8 Å². The number of hydrogen-bond donors (Lipinski definition) is 2. The Morgan fingerprint density at radius 3 is 2.54 bits per heavy atom. The highest BCUT2D eigenvalue weighted by atomic mass is 16.5. The van der Waals surface area contributed by atoms with Crippen LogP contribution in [0, 0.1) is 0 Å². The molecule has 4 rings (SSSR count). The minimum absolute atomic E-state index is 0.0285. The third-order valence-electron chi connectivity index (χ3n) is 6.30.